The van der Waals surface area contributed by atoms with Crippen LogP contribution in [0, 0.1) is 5.92 Å². The van der Waals surface area contributed by atoms with Crippen molar-refractivity contribution < 1.29 is 14.3 Å². The first-order chi connectivity index (χ1) is 15.6. The predicted molar refractivity (Wildman–Crippen MR) is 136 cm³/mol. The number of halogens is 2. The number of nitrogens with one attached hydrogen (secondary N) is 2. The largest absolute Gasteiger partial charge is 0.462 e. The van der Waals surface area contributed by atoms with Crippen LogP contribution in [0.5, 0.6) is 0 Å². The van der Waals surface area contributed by atoms with Gasteiger partial charge in [0.05, 0.1) is 18.2 Å². The Bertz CT molecular complexity index is 1110. The molecule has 9 heteroatoms. The molecule has 0 saturated heterocycles. The van der Waals surface area contributed by atoms with E-state index in [0.29, 0.717) is 44.3 Å². The van der Waals surface area contributed by atoms with Crippen LogP contribution in [0.15, 0.2) is 53.7 Å². The van der Waals surface area contributed by atoms with Crippen molar-refractivity contribution in [3.05, 3.63) is 74.9 Å². The molecule has 6 nitrogen and oxygen atoms in total. The van der Waals surface area contributed by atoms with Gasteiger partial charge in [-0.1, -0.05) is 49.2 Å². The first-order valence-electron chi connectivity index (χ1n) is 10.4. The van der Waals surface area contributed by atoms with E-state index in [4.69, 9.17) is 40.2 Å². The molecule has 1 atom stereocenters. The molecular weight excluding hydrogens is 481 g/mol. The highest BCUT2D eigenvalue weighted by atomic mass is 35.5. The Morgan fingerprint density at radius 1 is 1.18 bits per heavy atom. The smallest absolute Gasteiger partial charge is 0.338 e. The average molecular weight is 506 g/mol. The molecule has 2 N–H and O–H groups in total. The summed E-state index contributed by atoms with van der Waals surface area (Å²) in [4.78, 5) is 27.4. The van der Waals surface area contributed by atoms with Gasteiger partial charge < -0.3 is 20.3 Å². The Morgan fingerprint density at radius 2 is 1.85 bits per heavy atom. The lowest BCUT2D eigenvalue weighted by atomic mass is 9.94. The molecule has 1 amide bonds. The molecule has 3 rings (SSSR count). The first kappa shape index (κ1) is 25.0. The number of hydrogen-bond acceptors (Lipinski definition) is 4. The van der Waals surface area contributed by atoms with E-state index >= 15 is 0 Å². The quantitative estimate of drug-likeness (QED) is 0.394. The second-order valence-electron chi connectivity index (χ2n) is 8.17. The summed E-state index contributed by atoms with van der Waals surface area (Å²) in [6, 6.07) is 11.3. The van der Waals surface area contributed by atoms with Gasteiger partial charge in [0.1, 0.15) is 0 Å². The van der Waals surface area contributed by atoms with Crippen molar-refractivity contribution in [1.29, 1.82) is 0 Å². The van der Waals surface area contributed by atoms with E-state index in [1.807, 2.05) is 26.8 Å². The molecule has 1 unspecified atom stereocenters. The predicted octanol–water partition coefficient (Wildman–Crippen LogP) is 5.58. The van der Waals surface area contributed by atoms with E-state index in [-0.39, 0.29) is 11.8 Å². The molecule has 1 heterocycles. The molecule has 0 bridgehead atoms. The maximum Gasteiger partial charge on any atom is 0.338 e. The van der Waals surface area contributed by atoms with Crippen molar-refractivity contribution in [2.75, 3.05) is 19.0 Å². The summed E-state index contributed by atoms with van der Waals surface area (Å²) in [5.74, 6) is -0.551. The Balaban J connectivity index is 1.91. The number of esters is 1. The normalized spacial score (nSPS) is 16.0. The monoisotopic (exact) mass is 505 g/mol. The van der Waals surface area contributed by atoms with Crippen LogP contribution in [0.3, 0.4) is 0 Å². The Labute approximate surface area is 208 Å². The number of ether oxygens (including phenoxy) is 1. The Kier molecular flexibility index (Phi) is 8.00. The lowest BCUT2D eigenvalue weighted by Crippen LogP contribution is -2.46. The SMILES string of the molecule is CC1=C(C(=O)OCC(C)C)C(c2cccc(NC(=O)c3cc(Cl)cc(Cl)c3)c2)NC(=S)N1C. The molecule has 1 aliphatic rings. The third-order valence-corrected chi connectivity index (χ3v) is 5.95. The third-order valence-electron chi connectivity index (χ3n) is 5.12. The highest BCUT2D eigenvalue weighted by Gasteiger charge is 2.33. The molecule has 2 aromatic rings. The summed E-state index contributed by atoms with van der Waals surface area (Å²) in [7, 11) is 1.80. The van der Waals surface area contributed by atoms with Gasteiger partial charge in [-0.2, -0.15) is 0 Å². The summed E-state index contributed by atoms with van der Waals surface area (Å²) in [6.07, 6.45) is 0. The second kappa shape index (κ2) is 10.5. The molecule has 0 fully saturated rings. The van der Waals surface area contributed by atoms with E-state index in [2.05, 4.69) is 10.6 Å². The van der Waals surface area contributed by atoms with Crippen molar-refractivity contribution in [3.63, 3.8) is 0 Å². The molecule has 2 aromatic carbocycles. The fourth-order valence-corrected chi connectivity index (χ4v) is 4.14. The van der Waals surface area contributed by atoms with Gasteiger partial charge in [-0.15, -0.1) is 0 Å². The number of nitrogens with zero attached hydrogens (tertiary/aromatic N) is 1. The number of allylic oxidation sites excluding steroid dienone is 1. The summed E-state index contributed by atoms with van der Waals surface area (Å²) >= 11 is 17.5. The Hall–Kier alpha value is -2.61. The van der Waals surface area contributed by atoms with Crippen molar-refractivity contribution >= 4 is 58.1 Å². The molecular formula is C24H25Cl2N3O3S. The second-order valence-corrected chi connectivity index (χ2v) is 9.43. The van der Waals surface area contributed by atoms with E-state index in [1.165, 1.54) is 0 Å². The van der Waals surface area contributed by atoms with Gasteiger partial charge in [-0.05, 0) is 61.0 Å². The van der Waals surface area contributed by atoms with Crippen LogP contribution in [-0.4, -0.2) is 35.5 Å². The summed E-state index contributed by atoms with van der Waals surface area (Å²) in [5.41, 5.74) is 2.82. The topological polar surface area (TPSA) is 70.7 Å². The number of benzene rings is 2. The van der Waals surface area contributed by atoms with Gasteiger partial charge in [0.25, 0.3) is 5.91 Å². The molecule has 0 aliphatic carbocycles. The van der Waals surface area contributed by atoms with Gasteiger partial charge in [0, 0.05) is 34.0 Å². The van der Waals surface area contributed by atoms with Crippen LogP contribution in [0.25, 0.3) is 0 Å². The van der Waals surface area contributed by atoms with Crippen molar-refractivity contribution in [2.45, 2.75) is 26.8 Å². The molecule has 0 spiro atoms. The lowest BCUT2D eigenvalue weighted by molar-refractivity contribution is -0.140. The number of rotatable bonds is 6. The minimum atomic E-state index is -0.522. The third kappa shape index (κ3) is 6.05. The molecule has 33 heavy (non-hydrogen) atoms. The zero-order valence-electron chi connectivity index (χ0n) is 18.7. The number of carbonyl (C=O) groups excluding carboxylic acids is 2. The van der Waals surface area contributed by atoms with E-state index in [9.17, 15) is 9.59 Å². The maximum atomic E-state index is 13.0. The zero-order valence-corrected chi connectivity index (χ0v) is 21.1. The van der Waals surface area contributed by atoms with Crippen LogP contribution in [0.1, 0.15) is 42.7 Å². The van der Waals surface area contributed by atoms with Crippen molar-refractivity contribution in [3.8, 4) is 0 Å². The highest BCUT2D eigenvalue weighted by molar-refractivity contribution is 7.80. The van der Waals surface area contributed by atoms with Crippen LogP contribution in [0.2, 0.25) is 10.0 Å². The van der Waals surface area contributed by atoms with Crippen LogP contribution in [0.4, 0.5) is 5.69 Å². The number of anilines is 1. The van der Waals surface area contributed by atoms with Crippen LogP contribution in [-0.2, 0) is 9.53 Å². The number of hydrogen-bond donors (Lipinski definition) is 2. The fourth-order valence-electron chi connectivity index (χ4n) is 3.35. The minimum absolute atomic E-state index is 0.210. The molecule has 1 aliphatic heterocycles. The van der Waals surface area contributed by atoms with Gasteiger partial charge in [0.15, 0.2) is 5.11 Å². The number of thiocarbonyl (C=S) groups is 1. The molecule has 0 aromatic heterocycles. The van der Waals surface area contributed by atoms with E-state index in [1.54, 1.807) is 48.3 Å². The van der Waals surface area contributed by atoms with Gasteiger partial charge in [0.2, 0.25) is 0 Å². The molecule has 0 radical (unpaired) electrons. The molecule has 0 saturated carbocycles. The Morgan fingerprint density at radius 3 is 2.48 bits per heavy atom. The van der Waals surface area contributed by atoms with Gasteiger partial charge >= 0.3 is 5.97 Å². The first-order valence-corrected chi connectivity index (χ1v) is 11.5. The summed E-state index contributed by atoms with van der Waals surface area (Å²) < 4.78 is 5.52. The van der Waals surface area contributed by atoms with Crippen LogP contribution >= 0.6 is 35.4 Å². The summed E-state index contributed by atoms with van der Waals surface area (Å²) in [6.45, 7) is 6.10. The number of carbonyl (C=O) groups is 2. The lowest BCUT2D eigenvalue weighted by Gasteiger charge is -2.35. The average Bonchev–Trinajstić information content (AvgIpc) is 2.75. The standard InChI is InChI=1S/C24H25Cl2N3O3S/c1-13(2)12-32-23(31)20-14(3)29(4)24(33)28-21(20)15-6-5-7-19(10-15)27-22(30)16-8-17(25)11-18(26)9-16/h5-11,13,21H,12H2,1-4H3,(H,27,30)(H,28,33). The summed E-state index contributed by atoms with van der Waals surface area (Å²) in [5, 5.41) is 7.29. The fraction of sp³-hybridized carbons (Fsp3) is 0.292. The van der Waals surface area contributed by atoms with Crippen molar-refractivity contribution in [1.82, 2.24) is 10.2 Å². The highest BCUT2D eigenvalue weighted by Crippen LogP contribution is 2.32. The maximum absolute atomic E-state index is 13.0. The van der Waals surface area contributed by atoms with Crippen LogP contribution < -0.4 is 10.6 Å². The van der Waals surface area contributed by atoms with Gasteiger partial charge in [-0.25, -0.2) is 4.79 Å². The van der Waals surface area contributed by atoms with Gasteiger partial charge in [-0.3, -0.25) is 4.79 Å². The van der Waals surface area contributed by atoms with Crippen molar-refractivity contribution in [2.24, 2.45) is 5.92 Å². The zero-order chi connectivity index (χ0) is 24.3. The van der Waals surface area contributed by atoms with E-state index in [0.717, 1.165) is 5.56 Å². The minimum Gasteiger partial charge on any atom is -0.462 e. The van der Waals surface area contributed by atoms with E-state index < -0.39 is 12.0 Å². The number of amides is 1. The molecule has 174 valence electrons.